The Morgan fingerprint density at radius 3 is 2.03 bits per heavy atom. The van der Waals surface area contributed by atoms with Crippen molar-refractivity contribution in [3.05, 3.63) is 138 Å². The summed E-state index contributed by atoms with van der Waals surface area (Å²) in [5, 5.41) is 0. The van der Waals surface area contributed by atoms with E-state index >= 15 is 0 Å². The number of sulfonamides is 1. The Morgan fingerprint density at radius 2 is 1.42 bits per heavy atom. The highest BCUT2D eigenvalue weighted by molar-refractivity contribution is 7.89. The van der Waals surface area contributed by atoms with E-state index < -0.39 is 15.9 Å². The van der Waals surface area contributed by atoms with Crippen LogP contribution in [0, 0.1) is 12.8 Å². The number of aryl methyl sites for hydroxylation is 1. The Bertz CT molecular complexity index is 1550. The molecule has 38 heavy (non-hydrogen) atoms. The Hall–Kier alpha value is -4.16. The lowest BCUT2D eigenvalue weighted by atomic mass is 9.78. The molecule has 2 atom stereocenters. The average Bonchev–Trinajstić information content (AvgIpc) is 2.97. The summed E-state index contributed by atoms with van der Waals surface area (Å²) >= 11 is 0. The lowest BCUT2D eigenvalue weighted by Crippen LogP contribution is -2.42. The first kappa shape index (κ1) is 25.5. The number of rotatable bonds is 7. The Kier molecular flexibility index (Phi) is 7.16. The van der Waals surface area contributed by atoms with Gasteiger partial charge in [-0.2, -0.15) is 0 Å². The van der Waals surface area contributed by atoms with Gasteiger partial charge in [0.05, 0.1) is 23.6 Å². The number of ketones is 1. The largest absolute Gasteiger partial charge is 0.497 e. The zero-order valence-electron chi connectivity index (χ0n) is 21.3. The summed E-state index contributed by atoms with van der Waals surface area (Å²) in [5.74, 6) is -0.350. The lowest BCUT2D eigenvalue weighted by Gasteiger charge is -2.38. The molecule has 0 spiro atoms. The van der Waals surface area contributed by atoms with Gasteiger partial charge in [0.2, 0.25) is 0 Å². The number of ether oxygens (including phenoxy) is 1. The molecule has 5 nitrogen and oxygen atoms in total. The van der Waals surface area contributed by atoms with Crippen LogP contribution in [0.15, 0.2) is 120 Å². The fourth-order valence-corrected chi connectivity index (χ4v) is 6.41. The van der Waals surface area contributed by atoms with Gasteiger partial charge in [-0.05, 0) is 42.3 Å². The van der Waals surface area contributed by atoms with E-state index in [1.807, 2.05) is 85.8 Å². The average molecular weight is 524 g/mol. The quantitative estimate of drug-likeness (QED) is 0.266. The predicted octanol–water partition coefficient (Wildman–Crippen LogP) is 6.33. The van der Waals surface area contributed by atoms with E-state index in [9.17, 15) is 13.2 Å². The second-order valence-electron chi connectivity index (χ2n) is 9.40. The molecule has 192 valence electrons. The molecule has 0 aliphatic carbocycles. The number of nitrogens with zero attached hydrogens (tertiary/aromatic N) is 1. The number of benzene rings is 4. The second-order valence-corrected chi connectivity index (χ2v) is 11.3. The third kappa shape index (κ3) is 5.00. The maximum Gasteiger partial charge on any atom is 0.264 e. The van der Waals surface area contributed by atoms with E-state index in [2.05, 4.69) is 0 Å². The molecule has 1 aliphatic heterocycles. The molecule has 6 heteroatoms. The fraction of sp³-hybridized carbons (Fsp3) is 0.156. The summed E-state index contributed by atoms with van der Waals surface area (Å²) < 4.78 is 34.9. The first-order valence-electron chi connectivity index (χ1n) is 12.5. The van der Waals surface area contributed by atoms with Crippen molar-refractivity contribution in [1.29, 1.82) is 0 Å². The van der Waals surface area contributed by atoms with E-state index in [4.69, 9.17) is 4.74 Å². The van der Waals surface area contributed by atoms with Gasteiger partial charge in [-0.1, -0.05) is 96.6 Å². The molecule has 1 aliphatic rings. The molecule has 0 amide bonds. The second kappa shape index (κ2) is 10.7. The van der Waals surface area contributed by atoms with Gasteiger partial charge in [0.25, 0.3) is 10.0 Å². The standard InChI is InChI=1S/C32H29NO4S/c1-23-13-19-28(20-14-23)38(35,36)33-22-30(32(34)26-11-7-4-8-12-26)29(24-15-17-27(37-2)18-16-24)21-31(33)25-9-5-3-6-10-25/h3-21,29-30H,22H2,1-2H3. The zero-order valence-corrected chi connectivity index (χ0v) is 22.1. The lowest BCUT2D eigenvalue weighted by molar-refractivity contribution is 0.0896. The SMILES string of the molecule is COc1ccc(C2C=C(c3ccccc3)N(S(=O)(=O)c3ccc(C)cc3)CC2C(=O)c2ccccc2)cc1. The van der Waals surface area contributed by atoms with Crippen molar-refractivity contribution in [1.82, 2.24) is 4.31 Å². The number of methoxy groups -OCH3 is 1. The van der Waals surface area contributed by atoms with E-state index in [0.29, 0.717) is 17.0 Å². The van der Waals surface area contributed by atoms with Crippen molar-refractivity contribution in [3.8, 4) is 5.75 Å². The van der Waals surface area contributed by atoms with Gasteiger partial charge in [-0.15, -0.1) is 0 Å². The minimum atomic E-state index is -3.95. The maximum atomic E-state index is 14.1. The number of hydrogen-bond donors (Lipinski definition) is 0. The van der Waals surface area contributed by atoms with Crippen molar-refractivity contribution in [2.24, 2.45) is 5.92 Å². The smallest absolute Gasteiger partial charge is 0.264 e. The molecule has 0 bridgehead atoms. The molecule has 0 saturated heterocycles. The molecule has 5 rings (SSSR count). The maximum absolute atomic E-state index is 14.1. The summed E-state index contributed by atoms with van der Waals surface area (Å²) in [6.07, 6.45) is 1.93. The van der Waals surface area contributed by atoms with E-state index in [0.717, 1.165) is 16.7 Å². The van der Waals surface area contributed by atoms with Gasteiger partial charge in [-0.3, -0.25) is 9.10 Å². The normalized spacial score (nSPS) is 17.5. The van der Waals surface area contributed by atoms with Crippen LogP contribution in [0.25, 0.3) is 5.70 Å². The zero-order chi connectivity index (χ0) is 26.7. The van der Waals surface area contributed by atoms with Crippen LogP contribution in [0.3, 0.4) is 0 Å². The number of carbonyl (C=O) groups is 1. The topological polar surface area (TPSA) is 63.7 Å². The summed E-state index contributed by atoms with van der Waals surface area (Å²) in [4.78, 5) is 14.1. The molecule has 4 aromatic rings. The molecule has 2 unspecified atom stereocenters. The van der Waals surface area contributed by atoms with Gasteiger partial charge in [-0.25, -0.2) is 8.42 Å². The third-order valence-electron chi connectivity index (χ3n) is 6.98. The minimum absolute atomic E-state index is 0.0152. The minimum Gasteiger partial charge on any atom is -0.497 e. The summed E-state index contributed by atoms with van der Waals surface area (Å²) in [5.41, 5.74) is 3.77. The molecule has 0 fully saturated rings. The van der Waals surface area contributed by atoms with Crippen molar-refractivity contribution in [3.63, 3.8) is 0 Å². The van der Waals surface area contributed by atoms with Crippen LogP contribution in [0.2, 0.25) is 0 Å². The number of Topliss-reactive ketones (excluding diaryl/α,β-unsaturated/α-hetero) is 1. The van der Waals surface area contributed by atoms with Gasteiger partial charge >= 0.3 is 0 Å². The molecule has 4 aromatic carbocycles. The fourth-order valence-electron chi connectivity index (χ4n) is 4.89. The van der Waals surface area contributed by atoms with Crippen molar-refractivity contribution in [2.45, 2.75) is 17.7 Å². The molecular weight excluding hydrogens is 494 g/mol. The van der Waals surface area contributed by atoms with Crippen LogP contribution >= 0.6 is 0 Å². The third-order valence-corrected chi connectivity index (χ3v) is 8.77. The first-order chi connectivity index (χ1) is 18.4. The van der Waals surface area contributed by atoms with E-state index in [-0.39, 0.29) is 23.1 Å². The van der Waals surface area contributed by atoms with Crippen LogP contribution in [0.4, 0.5) is 0 Å². The first-order valence-corrected chi connectivity index (χ1v) is 13.9. The Labute approximate surface area is 224 Å². The van der Waals surface area contributed by atoms with Crippen LogP contribution in [0.5, 0.6) is 5.75 Å². The molecule has 0 saturated carbocycles. The highest BCUT2D eigenvalue weighted by Gasteiger charge is 2.40. The Morgan fingerprint density at radius 1 is 0.816 bits per heavy atom. The van der Waals surface area contributed by atoms with E-state index in [1.165, 1.54) is 4.31 Å². The van der Waals surface area contributed by atoms with Crippen LogP contribution < -0.4 is 4.74 Å². The summed E-state index contributed by atoms with van der Waals surface area (Å²) in [6.45, 7) is 1.93. The van der Waals surface area contributed by atoms with Crippen molar-refractivity contribution in [2.75, 3.05) is 13.7 Å². The predicted molar refractivity (Wildman–Crippen MR) is 149 cm³/mol. The van der Waals surface area contributed by atoms with Crippen LogP contribution in [-0.2, 0) is 10.0 Å². The molecule has 0 radical (unpaired) electrons. The van der Waals surface area contributed by atoms with Crippen LogP contribution in [0.1, 0.15) is 33.0 Å². The highest BCUT2D eigenvalue weighted by atomic mass is 32.2. The van der Waals surface area contributed by atoms with Gasteiger partial charge in [0.1, 0.15) is 5.75 Å². The van der Waals surface area contributed by atoms with Crippen LogP contribution in [-0.4, -0.2) is 32.2 Å². The highest BCUT2D eigenvalue weighted by Crippen LogP contribution is 2.41. The van der Waals surface area contributed by atoms with Gasteiger partial charge in [0.15, 0.2) is 5.78 Å². The Balaban J connectivity index is 1.69. The number of carbonyl (C=O) groups excluding carboxylic acids is 1. The molecule has 0 aromatic heterocycles. The number of allylic oxidation sites excluding steroid dienone is 1. The van der Waals surface area contributed by atoms with Crippen molar-refractivity contribution >= 4 is 21.5 Å². The molecular formula is C32H29NO4S. The monoisotopic (exact) mass is 523 g/mol. The van der Waals surface area contributed by atoms with Crippen molar-refractivity contribution < 1.29 is 17.9 Å². The molecule has 0 N–H and O–H groups in total. The van der Waals surface area contributed by atoms with Gasteiger partial charge in [0, 0.05) is 18.0 Å². The van der Waals surface area contributed by atoms with Gasteiger partial charge < -0.3 is 4.74 Å². The van der Waals surface area contributed by atoms with E-state index in [1.54, 1.807) is 43.5 Å². The summed E-state index contributed by atoms with van der Waals surface area (Å²) in [6, 6.07) is 33.0. The molecule has 1 heterocycles. The summed E-state index contributed by atoms with van der Waals surface area (Å²) in [7, 11) is -2.34. The number of hydrogen-bond acceptors (Lipinski definition) is 4.